The fourth-order valence-electron chi connectivity index (χ4n) is 1.06. The van der Waals surface area contributed by atoms with E-state index in [9.17, 15) is 14.4 Å². The maximum atomic E-state index is 11.2. The zero-order valence-corrected chi connectivity index (χ0v) is 8.42. The standard InChI is InChI=1S/C9H13N3O3/c1-2-3-4-10-5-6-7(13)11-9(15)12-8(6)14/h5,10H,2-4H2,1H3,(H2,11,12,13,14,15). The molecule has 0 saturated carbocycles. The summed E-state index contributed by atoms with van der Waals surface area (Å²) in [5.41, 5.74) is -0.0781. The highest BCUT2D eigenvalue weighted by atomic mass is 16.2. The van der Waals surface area contributed by atoms with Crippen LogP contribution in [0.2, 0.25) is 0 Å². The molecule has 0 spiro atoms. The predicted octanol–water partition coefficient (Wildman–Crippen LogP) is -0.374. The normalized spacial score (nSPS) is 15.8. The maximum absolute atomic E-state index is 11.2. The van der Waals surface area contributed by atoms with Crippen LogP contribution in [-0.4, -0.2) is 24.4 Å². The van der Waals surface area contributed by atoms with Crippen molar-refractivity contribution in [2.45, 2.75) is 19.8 Å². The van der Waals surface area contributed by atoms with Crippen molar-refractivity contribution < 1.29 is 14.4 Å². The molecular formula is C9H13N3O3. The van der Waals surface area contributed by atoms with Crippen molar-refractivity contribution in [3.8, 4) is 0 Å². The lowest BCUT2D eigenvalue weighted by atomic mass is 10.2. The van der Waals surface area contributed by atoms with Crippen LogP contribution in [0.15, 0.2) is 11.8 Å². The van der Waals surface area contributed by atoms with Crippen LogP contribution >= 0.6 is 0 Å². The number of hydrogen-bond acceptors (Lipinski definition) is 4. The number of carbonyl (C=O) groups excluding carboxylic acids is 3. The van der Waals surface area contributed by atoms with Crippen LogP contribution in [0.25, 0.3) is 0 Å². The molecule has 15 heavy (non-hydrogen) atoms. The van der Waals surface area contributed by atoms with Gasteiger partial charge in [-0.3, -0.25) is 20.2 Å². The van der Waals surface area contributed by atoms with E-state index < -0.39 is 17.8 Å². The van der Waals surface area contributed by atoms with E-state index in [2.05, 4.69) is 5.32 Å². The van der Waals surface area contributed by atoms with E-state index in [1.807, 2.05) is 17.6 Å². The van der Waals surface area contributed by atoms with Crippen molar-refractivity contribution in [2.24, 2.45) is 0 Å². The Morgan fingerprint density at radius 3 is 2.33 bits per heavy atom. The first kappa shape index (κ1) is 11.2. The van der Waals surface area contributed by atoms with Crippen LogP contribution in [0.4, 0.5) is 4.79 Å². The molecule has 0 radical (unpaired) electrons. The average Bonchev–Trinajstić information content (AvgIpc) is 2.15. The predicted molar refractivity (Wildman–Crippen MR) is 52.7 cm³/mol. The Hall–Kier alpha value is -1.85. The number of imide groups is 2. The average molecular weight is 211 g/mol. The van der Waals surface area contributed by atoms with Gasteiger partial charge in [0.05, 0.1) is 0 Å². The molecule has 1 heterocycles. The van der Waals surface area contributed by atoms with Crippen LogP contribution in [-0.2, 0) is 9.59 Å². The third-order valence-electron chi connectivity index (χ3n) is 1.86. The summed E-state index contributed by atoms with van der Waals surface area (Å²) in [6, 6.07) is -0.782. The van der Waals surface area contributed by atoms with Gasteiger partial charge >= 0.3 is 6.03 Å². The lowest BCUT2D eigenvalue weighted by molar-refractivity contribution is -0.124. The number of amides is 4. The quantitative estimate of drug-likeness (QED) is 0.336. The van der Waals surface area contributed by atoms with Gasteiger partial charge in [0, 0.05) is 12.7 Å². The van der Waals surface area contributed by atoms with Crippen LogP contribution in [0.1, 0.15) is 19.8 Å². The summed E-state index contributed by atoms with van der Waals surface area (Å²) in [4.78, 5) is 33.0. The van der Waals surface area contributed by atoms with Crippen LogP contribution in [0.3, 0.4) is 0 Å². The third kappa shape index (κ3) is 3.08. The molecule has 0 bridgehead atoms. The molecule has 0 aromatic carbocycles. The number of rotatable bonds is 4. The second-order valence-corrected chi connectivity index (χ2v) is 3.10. The Bertz CT molecular complexity index is 301. The molecule has 4 amide bonds. The Morgan fingerprint density at radius 1 is 1.20 bits per heavy atom. The van der Waals surface area contributed by atoms with Gasteiger partial charge in [0.25, 0.3) is 11.8 Å². The second kappa shape index (κ2) is 5.14. The van der Waals surface area contributed by atoms with Gasteiger partial charge in [0.15, 0.2) is 0 Å². The minimum Gasteiger partial charge on any atom is -0.390 e. The Balaban J connectivity index is 2.55. The summed E-state index contributed by atoms with van der Waals surface area (Å²) in [6.45, 7) is 2.72. The van der Waals surface area contributed by atoms with Crippen molar-refractivity contribution in [3.05, 3.63) is 11.8 Å². The van der Waals surface area contributed by atoms with E-state index in [0.29, 0.717) is 6.54 Å². The fourth-order valence-corrected chi connectivity index (χ4v) is 1.06. The topological polar surface area (TPSA) is 87.3 Å². The van der Waals surface area contributed by atoms with E-state index >= 15 is 0 Å². The van der Waals surface area contributed by atoms with E-state index in [1.165, 1.54) is 6.20 Å². The summed E-state index contributed by atoms with van der Waals surface area (Å²) >= 11 is 0. The summed E-state index contributed by atoms with van der Waals surface area (Å²) < 4.78 is 0. The van der Waals surface area contributed by atoms with E-state index in [0.717, 1.165) is 12.8 Å². The molecule has 1 saturated heterocycles. The zero-order valence-electron chi connectivity index (χ0n) is 8.42. The largest absolute Gasteiger partial charge is 0.390 e. The number of nitrogens with one attached hydrogen (secondary N) is 3. The van der Waals surface area contributed by atoms with Crippen molar-refractivity contribution >= 4 is 17.8 Å². The Morgan fingerprint density at radius 2 is 1.80 bits per heavy atom. The van der Waals surface area contributed by atoms with Crippen molar-refractivity contribution in [3.63, 3.8) is 0 Å². The summed E-state index contributed by atoms with van der Waals surface area (Å²) in [6.07, 6.45) is 3.30. The smallest absolute Gasteiger partial charge is 0.328 e. The number of hydrogen-bond donors (Lipinski definition) is 3. The minimum atomic E-state index is -0.782. The number of urea groups is 1. The highest BCUT2D eigenvalue weighted by molar-refractivity contribution is 6.28. The summed E-state index contributed by atoms with van der Waals surface area (Å²) in [5, 5.41) is 6.80. The number of barbiturate groups is 1. The Labute approximate surface area is 87.1 Å². The molecule has 6 nitrogen and oxygen atoms in total. The van der Waals surface area contributed by atoms with Gasteiger partial charge < -0.3 is 5.32 Å². The molecule has 6 heteroatoms. The number of unbranched alkanes of at least 4 members (excludes halogenated alkanes) is 1. The van der Waals surface area contributed by atoms with Gasteiger partial charge in [-0.2, -0.15) is 0 Å². The van der Waals surface area contributed by atoms with Crippen molar-refractivity contribution in [1.29, 1.82) is 0 Å². The lowest BCUT2D eigenvalue weighted by Gasteiger charge is -2.13. The van der Waals surface area contributed by atoms with Gasteiger partial charge in [-0.25, -0.2) is 4.79 Å². The van der Waals surface area contributed by atoms with E-state index in [4.69, 9.17) is 0 Å². The highest BCUT2D eigenvalue weighted by Crippen LogP contribution is 1.98. The molecule has 0 aliphatic carbocycles. The van der Waals surface area contributed by atoms with Crippen LogP contribution in [0, 0.1) is 0 Å². The molecule has 1 aliphatic heterocycles. The molecule has 0 unspecified atom stereocenters. The molecule has 1 aliphatic rings. The molecule has 1 fully saturated rings. The SMILES string of the molecule is CCCCNC=C1C(=O)NC(=O)NC1=O. The first-order chi connectivity index (χ1) is 7.15. The van der Waals surface area contributed by atoms with Gasteiger partial charge in [0.1, 0.15) is 5.57 Å². The zero-order chi connectivity index (χ0) is 11.3. The van der Waals surface area contributed by atoms with Gasteiger partial charge in [0.2, 0.25) is 0 Å². The van der Waals surface area contributed by atoms with E-state index in [-0.39, 0.29) is 5.57 Å². The number of carbonyl (C=O) groups is 3. The molecule has 3 N–H and O–H groups in total. The monoisotopic (exact) mass is 211 g/mol. The van der Waals surface area contributed by atoms with Gasteiger partial charge in [-0.15, -0.1) is 0 Å². The van der Waals surface area contributed by atoms with Gasteiger partial charge in [-0.1, -0.05) is 13.3 Å². The van der Waals surface area contributed by atoms with Crippen molar-refractivity contribution in [1.82, 2.24) is 16.0 Å². The van der Waals surface area contributed by atoms with Crippen LogP contribution in [0.5, 0.6) is 0 Å². The first-order valence-electron chi connectivity index (χ1n) is 4.75. The third-order valence-corrected chi connectivity index (χ3v) is 1.86. The molecule has 82 valence electrons. The Kier molecular flexibility index (Phi) is 3.84. The molecule has 0 aromatic rings. The van der Waals surface area contributed by atoms with Gasteiger partial charge in [-0.05, 0) is 6.42 Å². The molecule has 0 aromatic heterocycles. The molecular weight excluding hydrogens is 198 g/mol. The van der Waals surface area contributed by atoms with Crippen LogP contribution < -0.4 is 16.0 Å². The minimum absolute atomic E-state index is 0.0781. The summed E-state index contributed by atoms with van der Waals surface area (Å²) in [5.74, 6) is -1.35. The lowest BCUT2D eigenvalue weighted by Crippen LogP contribution is -2.51. The maximum Gasteiger partial charge on any atom is 0.328 e. The molecule has 0 atom stereocenters. The first-order valence-corrected chi connectivity index (χ1v) is 4.75. The molecule has 1 rings (SSSR count). The highest BCUT2D eigenvalue weighted by Gasteiger charge is 2.27. The summed E-state index contributed by atoms with van der Waals surface area (Å²) in [7, 11) is 0. The fraction of sp³-hybridized carbons (Fsp3) is 0.444. The second-order valence-electron chi connectivity index (χ2n) is 3.10. The van der Waals surface area contributed by atoms with Crippen molar-refractivity contribution in [2.75, 3.05) is 6.54 Å². The van der Waals surface area contributed by atoms with E-state index in [1.54, 1.807) is 0 Å².